The molecule has 1 aliphatic rings. The van der Waals surface area contributed by atoms with Crippen molar-refractivity contribution in [1.29, 1.82) is 0 Å². The van der Waals surface area contributed by atoms with Crippen molar-refractivity contribution in [3.05, 3.63) is 22.8 Å². The van der Waals surface area contributed by atoms with E-state index in [2.05, 4.69) is 0 Å². The molecule has 0 fully saturated rings. The zero-order valence-electron chi connectivity index (χ0n) is 8.89. The molecule has 0 aliphatic carbocycles. The van der Waals surface area contributed by atoms with Gasteiger partial charge in [0.2, 0.25) is 0 Å². The molecule has 0 saturated heterocycles. The van der Waals surface area contributed by atoms with E-state index >= 15 is 0 Å². The molecule has 1 aromatic carbocycles. The van der Waals surface area contributed by atoms with Crippen LogP contribution in [0.1, 0.15) is 34.5 Å². The maximum atomic E-state index is 11.5. The Bertz CT molecular complexity index is 464. The third-order valence-corrected chi connectivity index (χ3v) is 2.74. The number of rotatable bonds is 1. The number of carbonyl (C=O) groups is 1. The predicted molar refractivity (Wildman–Crippen MR) is 54.3 cm³/mol. The number of benzene rings is 1. The van der Waals surface area contributed by atoms with Crippen LogP contribution in [0.3, 0.4) is 0 Å². The van der Waals surface area contributed by atoms with Crippen molar-refractivity contribution in [2.75, 3.05) is 0 Å². The minimum atomic E-state index is -0.897. The predicted octanol–water partition coefficient (Wildman–Crippen LogP) is 0.999. The number of aromatic hydroxyl groups is 2. The van der Waals surface area contributed by atoms with Gasteiger partial charge >= 0.3 is 5.97 Å². The number of ether oxygens (including phenoxy) is 1. The molecule has 3 N–H and O–H groups in total. The Balaban J connectivity index is 2.67. The van der Waals surface area contributed by atoms with E-state index in [1.807, 2.05) is 0 Å². The van der Waals surface area contributed by atoms with Crippen LogP contribution in [0.25, 0.3) is 0 Å². The van der Waals surface area contributed by atoms with Crippen LogP contribution in [-0.2, 0) is 4.74 Å². The van der Waals surface area contributed by atoms with Crippen molar-refractivity contribution in [2.45, 2.75) is 26.1 Å². The standard InChI is InChI=1S/C11H12O5/c1-4-7(13)3-6-8(9(4)14)11(15)16-10(6)5(2)12/h3,5,10,12-14H,1-2H3/t5-,10-/m0/s1. The van der Waals surface area contributed by atoms with E-state index in [0.29, 0.717) is 5.56 Å². The summed E-state index contributed by atoms with van der Waals surface area (Å²) in [5.41, 5.74) is 0.573. The van der Waals surface area contributed by atoms with E-state index in [-0.39, 0.29) is 22.6 Å². The molecule has 0 spiro atoms. The quantitative estimate of drug-likeness (QED) is 0.619. The molecule has 2 atom stereocenters. The largest absolute Gasteiger partial charge is 0.508 e. The Hall–Kier alpha value is -1.75. The molecule has 2 rings (SSSR count). The second-order valence-electron chi connectivity index (χ2n) is 3.90. The highest BCUT2D eigenvalue weighted by atomic mass is 16.6. The Morgan fingerprint density at radius 2 is 2.06 bits per heavy atom. The number of fused-ring (bicyclic) bond motifs is 1. The summed E-state index contributed by atoms with van der Waals surface area (Å²) < 4.78 is 4.92. The Morgan fingerprint density at radius 3 is 2.62 bits per heavy atom. The monoisotopic (exact) mass is 224 g/mol. The molecular formula is C11H12O5. The van der Waals surface area contributed by atoms with Crippen LogP contribution in [0, 0.1) is 6.92 Å². The fourth-order valence-electron chi connectivity index (χ4n) is 1.81. The fraction of sp³-hybridized carbons (Fsp3) is 0.364. The normalized spacial score (nSPS) is 20.4. The van der Waals surface area contributed by atoms with E-state index in [9.17, 15) is 20.1 Å². The van der Waals surface area contributed by atoms with Gasteiger partial charge in [0, 0.05) is 11.1 Å². The summed E-state index contributed by atoms with van der Waals surface area (Å²) in [4.78, 5) is 11.5. The lowest BCUT2D eigenvalue weighted by Gasteiger charge is -2.14. The number of hydrogen-bond donors (Lipinski definition) is 3. The minimum absolute atomic E-state index is 0.0289. The van der Waals surface area contributed by atoms with E-state index < -0.39 is 18.2 Å². The van der Waals surface area contributed by atoms with E-state index in [0.717, 1.165) is 0 Å². The van der Waals surface area contributed by atoms with Gasteiger partial charge in [-0.05, 0) is 19.9 Å². The van der Waals surface area contributed by atoms with Crippen molar-refractivity contribution in [3.63, 3.8) is 0 Å². The number of phenols is 2. The summed E-state index contributed by atoms with van der Waals surface area (Å²) in [6.07, 6.45) is -1.73. The zero-order chi connectivity index (χ0) is 12.0. The zero-order valence-corrected chi connectivity index (χ0v) is 8.89. The Labute approximate surface area is 91.9 Å². The molecule has 16 heavy (non-hydrogen) atoms. The summed E-state index contributed by atoms with van der Waals surface area (Å²) in [7, 11) is 0. The first kappa shape index (κ1) is 10.8. The van der Waals surface area contributed by atoms with E-state index in [1.165, 1.54) is 19.9 Å². The second-order valence-corrected chi connectivity index (χ2v) is 3.90. The van der Waals surface area contributed by atoms with E-state index in [1.54, 1.807) is 0 Å². The number of aliphatic hydroxyl groups excluding tert-OH is 1. The second kappa shape index (κ2) is 3.38. The van der Waals surface area contributed by atoms with Crippen LogP contribution in [-0.4, -0.2) is 27.4 Å². The van der Waals surface area contributed by atoms with Crippen molar-refractivity contribution < 1.29 is 24.9 Å². The molecule has 1 heterocycles. The number of hydrogen-bond acceptors (Lipinski definition) is 5. The molecule has 5 nitrogen and oxygen atoms in total. The summed E-state index contributed by atoms with van der Waals surface area (Å²) >= 11 is 0. The highest BCUT2D eigenvalue weighted by Crippen LogP contribution is 2.42. The van der Waals surface area contributed by atoms with Crippen molar-refractivity contribution >= 4 is 5.97 Å². The molecule has 86 valence electrons. The number of carbonyl (C=O) groups excluding carboxylic acids is 1. The van der Waals surface area contributed by atoms with Gasteiger partial charge in [0.15, 0.2) is 6.10 Å². The van der Waals surface area contributed by atoms with Crippen molar-refractivity contribution in [1.82, 2.24) is 0 Å². The third kappa shape index (κ3) is 1.32. The number of aliphatic hydroxyl groups is 1. The van der Waals surface area contributed by atoms with Gasteiger partial charge in [0.25, 0.3) is 0 Å². The van der Waals surface area contributed by atoms with Crippen LogP contribution < -0.4 is 0 Å². The molecular weight excluding hydrogens is 212 g/mol. The van der Waals surface area contributed by atoms with Crippen LogP contribution in [0.5, 0.6) is 11.5 Å². The van der Waals surface area contributed by atoms with Crippen LogP contribution in [0.15, 0.2) is 6.07 Å². The molecule has 0 saturated carbocycles. The van der Waals surface area contributed by atoms with Crippen LogP contribution in [0.4, 0.5) is 0 Å². The lowest BCUT2D eigenvalue weighted by Crippen LogP contribution is -2.14. The highest BCUT2D eigenvalue weighted by molar-refractivity contribution is 5.98. The van der Waals surface area contributed by atoms with Gasteiger partial charge in [0.1, 0.15) is 17.1 Å². The number of phenolic OH excluding ortho intramolecular Hbond substituents is 2. The SMILES string of the molecule is Cc1c(O)cc2c(c1O)C(=O)O[C@H]2[C@H](C)O. The van der Waals surface area contributed by atoms with Gasteiger partial charge in [-0.15, -0.1) is 0 Å². The Kier molecular flexibility index (Phi) is 2.27. The van der Waals surface area contributed by atoms with Crippen LogP contribution >= 0.6 is 0 Å². The average molecular weight is 224 g/mol. The van der Waals surface area contributed by atoms with Gasteiger partial charge in [0.05, 0.1) is 6.10 Å². The fourth-order valence-corrected chi connectivity index (χ4v) is 1.81. The Morgan fingerprint density at radius 1 is 1.44 bits per heavy atom. The molecule has 1 aliphatic heterocycles. The highest BCUT2D eigenvalue weighted by Gasteiger charge is 2.37. The average Bonchev–Trinajstić information content (AvgIpc) is 2.52. The molecule has 0 aromatic heterocycles. The third-order valence-electron chi connectivity index (χ3n) is 2.74. The minimum Gasteiger partial charge on any atom is -0.508 e. The summed E-state index contributed by atoms with van der Waals surface area (Å²) in [5, 5.41) is 28.7. The molecule has 1 aromatic rings. The summed E-state index contributed by atoms with van der Waals surface area (Å²) in [6, 6.07) is 1.34. The van der Waals surface area contributed by atoms with Gasteiger partial charge in [-0.2, -0.15) is 0 Å². The van der Waals surface area contributed by atoms with Gasteiger partial charge in [-0.3, -0.25) is 0 Å². The topological polar surface area (TPSA) is 87.0 Å². The van der Waals surface area contributed by atoms with Crippen molar-refractivity contribution in [2.24, 2.45) is 0 Å². The van der Waals surface area contributed by atoms with Gasteiger partial charge in [-0.1, -0.05) is 0 Å². The summed E-state index contributed by atoms with van der Waals surface area (Å²) in [5.74, 6) is -1.09. The number of cyclic esters (lactones) is 1. The summed E-state index contributed by atoms with van der Waals surface area (Å²) in [6.45, 7) is 2.97. The van der Waals surface area contributed by atoms with Gasteiger partial charge < -0.3 is 20.1 Å². The van der Waals surface area contributed by atoms with Gasteiger partial charge in [-0.25, -0.2) is 4.79 Å². The first-order valence-corrected chi connectivity index (χ1v) is 4.88. The maximum Gasteiger partial charge on any atom is 0.343 e. The van der Waals surface area contributed by atoms with E-state index in [4.69, 9.17) is 4.74 Å². The first-order valence-electron chi connectivity index (χ1n) is 4.88. The molecule has 0 unspecified atom stereocenters. The van der Waals surface area contributed by atoms with Crippen LogP contribution in [0.2, 0.25) is 0 Å². The lowest BCUT2D eigenvalue weighted by atomic mass is 9.98. The lowest BCUT2D eigenvalue weighted by molar-refractivity contribution is -0.00282. The maximum absolute atomic E-state index is 11.5. The molecule has 0 bridgehead atoms. The smallest absolute Gasteiger partial charge is 0.343 e. The molecule has 5 heteroatoms. The molecule has 0 radical (unpaired) electrons. The first-order chi connectivity index (χ1) is 7.43. The molecule has 0 amide bonds. The van der Waals surface area contributed by atoms with Crippen molar-refractivity contribution in [3.8, 4) is 11.5 Å². The number of esters is 1.